The zero-order chi connectivity index (χ0) is 20.6. The van der Waals surface area contributed by atoms with E-state index in [1.165, 1.54) is 14.2 Å². The number of rotatable bonds is 8. The van der Waals surface area contributed by atoms with E-state index in [1.54, 1.807) is 24.3 Å². The molecule has 0 saturated heterocycles. The van der Waals surface area contributed by atoms with Crippen LogP contribution in [0, 0.1) is 0 Å². The molecule has 0 heterocycles. The molecule has 7 heteroatoms. The van der Waals surface area contributed by atoms with Gasteiger partial charge in [-0.3, -0.25) is 4.79 Å². The Bertz CT molecular complexity index is 1020. The van der Waals surface area contributed by atoms with Crippen molar-refractivity contribution in [3.05, 3.63) is 60.7 Å². The van der Waals surface area contributed by atoms with E-state index in [0.717, 1.165) is 10.8 Å². The Balaban J connectivity index is 1.49. The highest BCUT2D eigenvalue weighted by Gasteiger charge is 2.12. The molecule has 1 amide bonds. The van der Waals surface area contributed by atoms with Gasteiger partial charge >= 0.3 is 5.97 Å². The molecular formula is C22H21NO6. The van der Waals surface area contributed by atoms with E-state index in [9.17, 15) is 9.59 Å². The monoisotopic (exact) mass is 395 g/mol. The summed E-state index contributed by atoms with van der Waals surface area (Å²) in [6, 6.07) is 18.3. The van der Waals surface area contributed by atoms with Gasteiger partial charge in [-0.2, -0.15) is 0 Å². The lowest BCUT2D eigenvalue weighted by atomic mass is 10.1. The number of hydrogen-bond donors (Lipinski definition) is 1. The van der Waals surface area contributed by atoms with Gasteiger partial charge in [-0.25, -0.2) is 4.79 Å². The highest BCUT2D eigenvalue weighted by atomic mass is 16.6. The number of benzene rings is 3. The van der Waals surface area contributed by atoms with E-state index in [1.807, 2.05) is 36.4 Å². The summed E-state index contributed by atoms with van der Waals surface area (Å²) in [5.74, 6) is 0.416. The molecule has 0 aliphatic heterocycles. The van der Waals surface area contributed by atoms with E-state index in [-0.39, 0.29) is 6.61 Å². The number of esters is 1. The van der Waals surface area contributed by atoms with E-state index in [0.29, 0.717) is 22.9 Å². The topological polar surface area (TPSA) is 83.1 Å². The minimum Gasteiger partial charge on any atom is -0.497 e. The molecule has 0 radical (unpaired) electrons. The molecule has 0 aliphatic rings. The molecule has 0 atom stereocenters. The summed E-state index contributed by atoms with van der Waals surface area (Å²) in [7, 11) is 3.01. The number of amides is 1. The Morgan fingerprint density at radius 1 is 0.828 bits per heavy atom. The van der Waals surface area contributed by atoms with Gasteiger partial charge in [0.05, 0.1) is 19.9 Å². The normalized spacial score (nSPS) is 10.3. The molecular weight excluding hydrogens is 374 g/mol. The van der Waals surface area contributed by atoms with Gasteiger partial charge in [0.2, 0.25) is 0 Å². The highest BCUT2D eigenvalue weighted by Crippen LogP contribution is 2.28. The minimum absolute atomic E-state index is 0.298. The number of carbonyl (C=O) groups excluding carboxylic acids is 2. The first-order chi connectivity index (χ1) is 14.1. The van der Waals surface area contributed by atoms with Crippen molar-refractivity contribution in [2.24, 2.45) is 0 Å². The smallest absolute Gasteiger partial charge is 0.344 e. The number of fused-ring (bicyclic) bond motifs is 1. The number of anilines is 1. The van der Waals surface area contributed by atoms with E-state index < -0.39 is 18.5 Å². The summed E-state index contributed by atoms with van der Waals surface area (Å²) in [6.45, 7) is -0.742. The Hall–Kier alpha value is -3.74. The predicted octanol–water partition coefficient (Wildman–Crippen LogP) is 3.42. The first kappa shape index (κ1) is 20.0. The molecule has 150 valence electrons. The average molecular weight is 395 g/mol. The van der Waals surface area contributed by atoms with Gasteiger partial charge in [0, 0.05) is 6.07 Å². The second kappa shape index (κ2) is 9.45. The van der Waals surface area contributed by atoms with Crippen LogP contribution in [-0.2, 0) is 14.3 Å². The van der Waals surface area contributed by atoms with E-state index >= 15 is 0 Å². The van der Waals surface area contributed by atoms with Crippen LogP contribution >= 0.6 is 0 Å². The van der Waals surface area contributed by atoms with Crippen LogP contribution in [0.1, 0.15) is 0 Å². The van der Waals surface area contributed by atoms with Gasteiger partial charge in [-0.1, -0.05) is 30.3 Å². The molecule has 0 bridgehead atoms. The summed E-state index contributed by atoms with van der Waals surface area (Å²) in [5.41, 5.74) is 0.417. The lowest BCUT2D eigenvalue weighted by Gasteiger charge is -2.12. The van der Waals surface area contributed by atoms with E-state index in [2.05, 4.69) is 5.32 Å². The number of hydrogen-bond acceptors (Lipinski definition) is 6. The van der Waals surface area contributed by atoms with Crippen LogP contribution in [0.15, 0.2) is 60.7 Å². The van der Waals surface area contributed by atoms with Crippen molar-refractivity contribution in [3.8, 4) is 17.2 Å². The third kappa shape index (κ3) is 5.38. The third-order valence-electron chi connectivity index (χ3n) is 4.12. The van der Waals surface area contributed by atoms with Gasteiger partial charge in [0.15, 0.2) is 13.2 Å². The van der Waals surface area contributed by atoms with Crippen LogP contribution in [0.25, 0.3) is 10.8 Å². The molecule has 0 aliphatic carbocycles. The van der Waals surface area contributed by atoms with Crippen LogP contribution in [0.5, 0.6) is 17.2 Å². The van der Waals surface area contributed by atoms with Gasteiger partial charge in [0.25, 0.3) is 5.91 Å². The standard InChI is InChI=1S/C22H21NO6/c1-26-17-9-10-20(27-2)19(12-17)23-21(24)13-29-22(25)14-28-18-8-7-15-5-3-4-6-16(15)11-18/h3-12H,13-14H2,1-2H3,(H,23,24). The van der Waals surface area contributed by atoms with Crippen LogP contribution in [0.4, 0.5) is 5.69 Å². The zero-order valence-corrected chi connectivity index (χ0v) is 16.1. The molecule has 7 nitrogen and oxygen atoms in total. The van der Waals surface area contributed by atoms with Crippen molar-refractivity contribution < 1.29 is 28.5 Å². The number of ether oxygens (including phenoxy) is 4. The molecule has 0 spiro atoms. The first-order valence-corrected chi connectivity index (χ1v) is 8.88. The quantitative estimate of drug-likeness (QED) is 0.589. The van der Waals surface area contributed by atoms with Crippen molar-refractivity contribution in [2.75, 3.05) is 32.8 Å². The lowest BCUT2D eigenvalue weighted by Crippen LogP contribution is -2.23. The molecule has 0 aromatic heterocycles. The number of methoxy groups -OCH3 is 2. The Kier molecular flexibility index (Phi) is 6.52. The number of nitrogens with one attached hydrogen (secondary N) is 1. The fourth-order valence-corrected chi connectivity index (χ4v) is 2.69. The maximum Gasteiger partial charge on any atom is 0.344 e. The Morgan fingerprint density at radius 2 is 1.59 bits per heavy atom. The summed E-state index contributed by atoms with van der Waals surface area (Å²) < 4.78 is 20.7. The fraction of sp³-hybridized carbons (Fsp3) is 0.182. The van der Waals surface area contributed by atoms with Gasteiger partial charge in [-0.15, -0.1) is 0 Å². The SMILES string of the molecule is COc1ccc(OC)c(NC(=O)COC(=O)COc2ccc3ccccc3c2)c1. The lowest BCUT2D eigenvalue weighted by molar-refractivity contribution is -0.149. The largest absolute Gasteiger partial charge is 0.497 e. The molecule has 29 heavy (non-hydrogen) atoms. The van der Waals surface area contributed by atoms with Gasteiger partial charge in [0.1, 0.15) is 17.2 Å². The van der Waals surface area contributed by atoms with Crippen LogP contribution in [0.3, 0.4) is 0 Å². The first-order valence-electron chi connectivity index (χ1n) is 8.88. The Morgan fingerprint density at radius 3 is 2.34 bits per heavy atom. The zero-order valence-electron chi connectivity index (χ0n) is 16.1. The molecule has 0 saturated carbocycles. The van der Waals surface area contributed by atoms with Gasteiger partial charge in [-0.05, 0) is 35.0 Å². The highest BCUT2D eigenvalue weighted by molar-refractivity contribution is 5.94. The number of carbonyl (C=O) groups is 2. The van der Waals surface area contributed by atoms with E-state index in [4.69, 9.17) is 18.9 Å². The second-order valence-electron chi connectivity index (χ2n) is 6.07. The summed E-state index contributed by atoms with van der Waals surface area (Å²) in [5, 5.41) is 4.70. The fourth-order valence-electron chi connectivity index (χ4n) is 2.69. The molecule has 0 fully saturated rings. The van der Waals surface area contributed by atoms with Crippen LogP contribution < -0.4 is 19.5 Å². The van der Waals surface area contributed by atoms with Crippen molar-refractivity contribution >= 4 is 28.3 Å². The van der Waals surface area contributed by atoms with Crippen molar-refractivity contribution in [3.63, 3.8) is 0 Å². The second-order valence-corrected chi connectivity index (χ2v) is 6.07. The third-order valence-corrected chi connectivity index (χ3v) is 4.12. The Labute approximate surface area is 168 Å². The van der Waals surface area contributed by atoms with Crippen molar-refractivity contribution in [2.45, 2.75) is 0 Å². The molecule has 3 aromatic rings. The van der Waals surface area contributed by atoms with Crippen molar-refractivity contribution in [1.82, 2.24) is 0 Å². The van der Waals surface area contributed by atoms with Crippen molar-refractivity contribution in [1.29, 1.82) is 0 Å². The summed E-state index contributed by atoms with van der Waals surface area (Å²) >= 11 is 0. The molecule has 0 unspecified atom stereocenters. The minimum atomic E-state index is -0.647. The predicted molar refractivity (Wildman–Crippen MR) is 109 cm³/mol. The molecule has 1 N–H and O–H groups in total. The average Bonchev–Trinajstić information content (AvgIpc) is 2.76. The maximum absolute atomic E-state index is 12.1. The summed E-state index contributed by atoms with van der Waals surface area (Å²) in [6.07, 6.45) is 0. The maximum atomic E-state index is 12.1. The molecule has 3 aromatic carbocycles. The molecule has 3 rings (SSSR count). The van der Waals surface area contributed by atoms with Crippen LogP contribution in [0.2, 0.25) is 0 Å². The van der Waals surface area contributed by atoms with Crippen LogP contribution in [-0.4, -0.2) is 39.3 Å². The van der Waals surface area contributed by atoms with Gasteiger partial charge < -0.3 is 24.3 Å². The summed E-state index contributed by atoms with van der Waals surface area (Å²) in [4.78, 5) is 24.0.